The van der Waals surface area contributed by atoms with Gasteiger partial charge in [0.2, 0.25) is 5.91 Å². The maximum absolute atomic E-state index is 11.4. The van der Waals surface area contributed by atoms with Crippen LogP contribution in [0.15, 0.2) is 30.3 Å². The molecule has 1 saturated heterocycles. The Morgan fingerprint density at radius 1 is 1.27 bits per heavy atom. The Labute approximate surface area is 157 Å². The van der Waals surface area contributed by atoms with Crippen LogP contribution in [0.5, 0.6) is 0 Å². The second kappa shape index (κ2) is 8.98. The molecule has 5 heteroatoms. The minimum atomic E-state index is 0.126. The van der Waals surface area contributed by atoms with E-state index >= 15 is 0 Å². The molecule has 0 spiro atoms. The van der Waals surface area contributed by atoms with Gasteiger partial charge < -0.3 is 20.3 Å². The van der Waals surface area contributed by atoms with Crippen molar-refractivity contribution in [3.63, 3.8) is 0 Å². The summed E-state index contributed by atoms with van der Waals surface area (Å²) in [7, 11) is 3.51. The van der Waals surface area contributed by atoms with Gasteiger partial charge in [-0.25, -0.2) is 0 Å². The van der Waals surface area contributed by atoms with Crippen LogP contribution in [0, 0.1) is 5.41 Å². The van der Waals surface area contributed by atoms with Gasteiger partial charge in [-0.15, -0.1) is 0 Å². The Hall–Kier alpha value is -1.43. The molecule has 2 atom stereocenters. The van der Waals surface area contributed by atoms with Crippen LogP contribution >= 0.6 is 0 Å². The number of amides is 1. The second-order valence-corrected chi connectivity index (χ2v) is 7.94. The zero-order valence-electron chi connectivity index (χ0n) is 16.2. The minimum Gasteiger partial charge on any atom is -0.384 e. The lowest BCUT2D eigenvalue weighted by Crippen LogP contribution is -2.48. The topological polar surface area (TPSA) is 53.6 Å². The summed E-state index contributed by atoms with van der Waals surface area (Å²) in [5.74, 6) is 0.796. The third kappa shape index (κ3) is 5.06. The quantitative estimate of drug-likeness (QED) is 0.708. The van der Waals surface area contributed by atoms with Gasteiger partial charge >= 0.3 is 0 Å². The number of piperidine rings is 1. The van der Waals surface area contributed by atoms with Gasteiger partial charge in [0, 0.05) is 51.0 Å². The molecule has 1 amide bonds. The summed E-state index contributed by atoms with van der Waals surface area (Å²) in [6, 6.07) is 11.4. The zero-order chi connectivity index (χ0) is 18.4. The first-order valence-corrected chi connectivity index (χ1v) is 9.86. The van der Waals surface area contributed by atoms with Gasteiger partial charge in [0.05, 0.1) is 6.61 Å². The van der Waals surface area contributed by atoms with E-state index in [1.54, 1.807) is 7.05 Å². The van der Waals surface area contributed by atoms with Crippen LogP contribution in [0.2, 0.25) is 0 Å². The number of methoxy groups -OCH3 is 1. The third-order valence-corrected chi connectivity index (χ3v) is 6.06. The van der Waals surface area contributed by atoms with Crippen LogP contribution < -0.4 is 10.6 Å². The van der Waals surface area contributed by atoms with Crippen LogP contribution in [0.1, 0.15) is 37.2 Å². The fourth-order valence-electron chi connectivity index (χ4n) is 4.15. The number of nitrogens with one attached hydrogen (secondary N) is 2. The van der Waals surface area contributed by atoms with Crippen molar-refractivity contribution in [2.45, 2.75) is 37.6 Å². The van der Waals surface area contributed by atoms with Crippen molar-refractivity contribution in [2.75, 3.05) is 46.9 Å². The summed E-state index contributed by atoms with van der Waals surface area (Å²) >= 11 is 0. The van der Waals surface area contributed by atoms with Gasteiger partial charge in [0.15, 0.2) is 0 Å². The Morgan fingerprint density at radius 3 is 2.65 bits per heavy atom. The highest BCUT2D eigenvalue weighted by atomic mass is 16.5. The standard InChI is InChI=1S/C21H33N3O2/c1-22-20(25)8-11-24-12-9-21(10-13-24,16-26-2)15-23-19-14-18(19)17-6-4-3-5-7-17/h3-7,18-19,23H,8-16H2,1-2H3,(H,22,25)/t18-,19+/m0/s1. The SMILES string of the molecule is CNC(=O)CCN1CCC(CN[C@@H]2C[C@H]2c2ccccc2)(COC)CC1. The van der Waals surface area contributed by atoms with Gasteiger partial charge in [0.25, 0.3) is 0 Å². The summed E-state index contributed by atoms with van der Waals surface area (Å²) in [6.45, 7) is 4.79. The van der Waals surface area contributed by atoms with Crippen LogP contribution in [-0.2, 0) is 9.53 Å². The molecule has 1 saturated carbocycles. The van der Waals surface area contributed by atoms with E-state index in [2.05, 4.69) is 45.9 Å². The van der Waals surface area contributed by atoms with E-state index in [-0.39, 0.29) is 11.3 Å². The van der Waals surface area contributed by atoms with Crippen molar-refractivity contribution >= 4 is 5.91 Å². The fraction of sp³-hybridized carbons (Fsp3) is 0.667. The number of rotatable bonds is 9. The van der Waals surface area contributed by atoms with E-state index in [9.17, 15) is 4.79 Å². The first-order chi connectivity index (χ1) is 12.7. The lowest BCUT2D eigenvalue weighted by molar-refractivity contribution is -0.121. The summed E-state index contributed by atoms with van der Waals surface area (Å²) < 4.78 is 5.58. The van der Waals surface area contributed by atoms with E-state index in [0.29, 0.717) is 18.4 Å². The lowest BCUT2D eigenvalue weighted by atomic mass is 9.78. The highest BCUT2D eigenvalue weighted by molar-refractivity contribution is 5.75. The fourth-order valence-corrected chi connectivity index (χ4v) is 4.15. The molecular weight excluding hydrogens is 326 g/mol. The van der Waals surface area contributed by atoms with Crippen molar-refractivity contribution in [1.82, 2.24) is 15.5 Å². The average molecular weight is 360 g/mol. The maximum Gasteiger partial charge on any atom is 0.221 e. The first kappa shape index (κ1) is 19.3. The molecular formula is C21H33N3O2. The van der Waals surface area contributed by atoms with Gasteiger partial charge in [-0.2, -0.15) is 0 Å². The molecule has 0 radical (unpaired) electrons. The van der Waals surface area contributed by atoms with Crippen molar-refractivity contribution < 1.29 is 9.53 Å². The number of carbonyl (C=O) groups excluding carboxylic acids is 1. The highest BCUT2D eigenvalue weighted by Crippen LogP contribution is 2.41. The largest absolute Gasteiger partial charge is 0.384 e. The molecule has 1 aromatic rings. The number of nitrogens with zero attached hydrogens (tertiary/aromatic N) is 1. The Kier molecular flexibility index (Phi) is 6.68. The normalized spacial score (nSPS) is 25.0. The number of benzene rings is 1. The smallest absolute Gasteiger partial charge is 0.221 e. The second-order valence-electron chi connectivity index (χ2n) is 7.94. The van der Waals surface area contributed by atoms with E-state index < -0.39 is 0 Å². The van der Waals surface area contributed by atoms with Crippen molar-refractivity contribution in [1.29, 1.82) is 0 Å². The van der Waals surface area contributed by atoms with Crippen LogP contribution in [0.25, 0.3) is 0 Å². The first-order valence-electron chi connectivity index (χ1n) is 9.86. The molecule has 1 aliphatic carbocycles. The molecule has 0 unspecified atom stereocenters. The number of hydrogen-bond acceptors (Lipinski definition) is 4. The monoisotopic (exact) mass is 359 g/mol. The van der Waals surface area contributed by atoms with E-state index in [0.717, 1.165) is 45.6 Å². The molecule has 2 N–H and O–H groups in total. The Balaban J connectivity index is 1.45. The summed E-state index contributed by atoms with van der Waals surface area (Å²) in [5, 5.41) is 6.51. The summed E-state index contributed by atoms with van der Waals surface area (Å²) in [4.78, 5) is 13.9. The average Bonchev–Trinajstić information content (AvgIpc) is 3.46. The molecule has 0 bridgehead atoms. The molecule has 0 aromatic heterocycles. The van der Waals surface area contributed by atoms with Crippen LogP contribution in [-0.4, -0.2) is 63.8 Å². The number of likely N-dealkylation sites (tertiary alicyclic amines) is 1. The Bertz CT molecular complexity index is 570. The predicted octanol–water partition coefficient (Wildman–Crippen LogP) is 2.00. The van der Waals surface area contributed by atoms with E-state index in [1.165, 1.54) is 12.0 Å². The number of carbonyl (C=O) groups is 1. The number of ether oxygens (including phenoxy) is 1. The molecule has 1 aliphatic heterocycles. The molecule has 5 nitrogen and oxygen atoms in total. The highest BCUT2D eigenvalue weighted by Gasteiger charge is 2.41. The van der Waals surface area contributed by atoms with E-state index in [4.69, 9.17) is 4.74 Å². The van der Waals surface area contributed by atoms with Crippen LogP contribution in [0.3, 0.4) is 0 Å². The van der Waals surface area contributed by atoms with Crippen LogP contribution in [0.4, 0.5) is 0 Å². The molecule has 2 fully saturated rings. The van der Waals surface area contributed by atoms with Gasteiger partial charge in [0.1, 0.15) is 0 Å². The lowest BCUT2D eigenvalue weighted by Gasteiger charge is -2.41. The minimum absolute atomic E-state index is 0.126. The Morgan fingerprint density at radius 2 is 2.00 bits per heavy atom. The summed E-state index contributed by atoms with van der Waals surface area (Å²) in [5.41, 5.74) is 1.68. The predicted molar refractivity (Wildman–Crippen MR) is 104 cm³/mol. The molecule has 1 aromatic carbocycles. The van der Waals surface area contributed by atoms with Gasteiger partial charge in [-0.3, -0.25) is 4.79 Å². The molecule has 2 aliphatic rings. The van der Waals surface area contributed by atoms with Crippen molar-refractivity contribution in [3.8, 4) is 0 Å². The third-order valence-electron chi connectivity index (χ3n) is 6.06. The molecule has 26 heavy (non-hydrogen) atoms. The van der Waals surface area contributed by atoms with Crippen molar-refractivity contribution in [3.05, 3.63) is 35.9 Å². The summed E-state index contributed by atoms with van der Waals surface area (Å²) in [6.07, 6.45) is 4.09. The molecule has 1 heterocycles. The zero-order valence-corrected chi connectivity index (χ0v) is 16.2. The molecule has 144 valence electrons. The van der Waals surface area contributed by atoms with E-state index in [1.807, 2.05) is 7.11 Å². The van der Waals surface area contributed by atoms with Gasteiger partial charge in [-0.05, 0) is 37.9 Å². The van der Waals surface area contributed by atoms with Gasteiger partial charge in [-0.1, -0.05) is 30.3 Å². The molecule has 3 rings (SSSR count). The number of hydrogen-bond donors (Lipinski definition) is 2. The van der Waals surface area contributed by atoms with Crippen molar-refractivity contribution in [2.24, 2.45) is 5.41 Å². The maximum atomic E-state index is 11.4.